The Kier molecular flexibility index (Phi) is 3.31. The minimum Gasteiger partial charge on any atom is -0.477 e. The normalized spacial score (nSPS) is 18.8. The van der Waals surface area contributed by atoms with Gasteiger partial charge in [-0.2, -0.15) is 0 Å². The zero-order chi connectivity index (χ0) is 14.3. The monoisotopic (exact) mass is 294 g/mol. The molecule has 0 amide bonds. The minimum atomic E-state index is -1.02. The Morgan fingerprint density at radius 3 is 3.10 bits per heavy atom. The van der Waals surface area contributed by atoms with Crippen LogP contribution in [0, 0.1) is 6.92 Å². The lowest BCUT2D eigenvalue weighted by Gasteiger charge is -2.11. The van der Waals surface area contributed by atoms with Gasteiger partial charge < -0.3 is 9.84 Å². The SMILES string of the molecule is Cc1c(C(=O)O)sc2ncn(C[C@@H]3CCCO3)c(=O)c12. The van der Waals surface area contributed by atoms with Gasteiger partial charge in [-0.1, -0.05) is 0 Å². The predicted molar refractivity (Wildman–Crippen MR) is 74.6 cm³/mol. The smallest absolute Gasteiger partial charge is 0.346 e. The van der Waals surface area contributed by atoms with Crippen LogP contribution >= 0.6 is 11.3 Å². The van der Waals surface area contributed by atoms with Crippen molar-refractivity contribution in [3.8, 4) is 0 Å². The average Bonchev–Trinajstić information content (AvgIpc) is 3.01. The molecule has 1 saturated heterocycles. The molecule has 0 aromatic carbocycles. The van der Waals surface area contributed by atoms with E-state index in [1.54, 1.807) is 6.92 Å². The lowest BCUT2D eigenvalue weighted by Crippen LogP contribution is -2.26. The fourth-order valence-electron chi connectivity index (χ4n) is 2.50. The van der Waals surface area contributed by atoms with E-state index in [0.717, 1.165) is 30.8 Å². The largest absolute Gasteiger partial charge is 0.477 e. The summed E-state index contributed by atoms with van der Waals surface area (Å²) in [6.07, 6.45) is 3.47. The number of hydrogen-bond acceptors (Lipinski definition) is 5. The average molecular weight is 294 g/mol. The molecule has 6 nitrogen and oxygen atoms in total. The quantitative estimate of drug-likeness (QED) is 0.930. The second kappa shape index (κ2) is 4.99. The molecule has 3 rings (SSSR count). The Bertz CT molecular complexity index is 728. The number of nitrogens with zero attached hydrogens (tertiary/aromatic N) is 2. The van der Waals surface area contributed by atoms with Gasteiger partial charge >= 0.3 is 5.97 Å². The highest BCUT2D eigenvalue weighted by molar-refractivity contribution is 7.20. The van der Waals surface area contributed by atoms with Crippen molar-refractivity contribution in [3.63, 3.8) is 0 Å². The highest BCUT2D eigenvalue weighted by atomic mass is 32.1. The van der Waals surface area contributed by atoms with Gasteiger partial charge in [0.05, 0.1) is 24.4 Å². The molecule has 0 bridgehead atoms. The van der Waals surface area contributed by atoms with Gasteiger partial charge in [0.15, 0.2) is 0 Å². The topological polar surface area (TPSA) is 81.4 Å². The summed E-state index contributed by atoms with van der Waals surface area (Å²) >= 11 is 1.04. The Morgan fingerprint density at radius 2 is 2.45 bits per heavy atom. The van der Waals surface area contributed by atoms with E-state index in [2.05, 4.69) is 4.98 Å². The van der Waals surface area contributed by atoms with Gasteiger partial charge in [0, 0.05) is 6.61 Å². The highest BCUT2D eigenvalue weighted by Gasteiger charge is 2.21. The van der Waals surface area contributed by atoms with Gasteiger partial charge in [-0.25, -0.2) is 9.78 Å². The first kappa shape index (κ1) is 13.3. The van der Waals surface area contributed by atoms with Crippen molar-refractivity contribution in [2.45, 2.75) is 32.4 Å². The Labute approximate surface area is 118 Å². The van der Waals surface area contributed by atoms with E-state index in [-0.39, 0.29) is 16.5 Å². The fourth-order valence-corrected chi connectivity index (χ4v) is 3.48. The third-order valence-corrected chi connectivity index (χ3v) is 4.72. The van der Waals surface area contributed by atoms with Crippen molar-refractivity contribution in [1.82, 2.24) is 9.55 Å². The number of aromatic carboxylic acids is 1. The third-order valence-electron chi connectivity index (χ3n) is 3.54. The van der Waals surface area contributed by atoms with Crippen LogP contribution in [0.1, 0.15) is 28.1 Å². The molecule has 106 valence electrons. The van der Waals surface area contributed by atoms with E-state index in [9.17, 15) is 9.59 Å². The molecular weight excluding hydrogens is 280 g/mol. The number of ether oxygens (including phenoxy) is 1. The van der Waals surface area contributed by atoms with Crippen molar-refractivity contribution < 1.29 is 14.6 Å². The van der Waals surface area contributed by atoms with Gasteiger partial charge in [-0.15, -0.1) is 11.3 Å². The van der Waals surface area contributed by atoms with Gasteiger partial charge in [0.25, 0.3) is 5.56 Å². The van der Waals surface area contributed by atoms with Crippen molar-refractivity contribution >= 4 is 27.5 Å². The summed E-state index contributed by atoms with van der Waals surface area (Å²) in [7, 11) is 0. The maximum Gasteiger partial charge on any atom is 0.346 e. The number of carboxylic acid groups (broad SMARTS) is 1. The van der Waals surface area contributed by atoms with Gasteiger partial charge in [-0.05, 0) is 25.3 Å². The molecule has 2 aromatic heterocycles. The first-order chi connectivity index (χ1) is 9.58. The summed E-state index contributed by atoms with van der Waals surface area (Å²) < 4.78 is 7.04. The van der Waals surface area contributed by atoms with Crippen molar-refractivity contribution in [2.24, 2.45) is 0 Å². The molecule has 0 aliphatic carbocycles. The minimum absolute atomic E-state index is 0.0461. The van der Waals surface area contributed by atoms with Gasteiger partial charge in [0.2, 0.25) is 0 Å². The maximum atomic E-state index is 12.5. The Hall–Kier alpha value is -1.73. The summed E-state index contributed by atoms with van der Waals surface area (Å²) in [5.74, 6) is -1.02. The lowest BCUT2D eigenvalue weighted by molar-refractivity contribution is 0.0701. The van der Waals surface area contributed by atoms with E-state index in [1.165, 1.54) is 10.9 Å². The summed E-state index contributed by atoms with van der Waals surface area (Å²) in [5, 5.41) is 9.52. The molecule has 1 atom stereocenters. The van der Waals surface area contributed by atoms with Crippen LogP contribution in [0.15, 0.2) is 11.1 Å². The molecule has 0 radical (unpaired) electrons. The molecule has 7 heteroatoms. The molecule has 1 fully saturated rings. The van der Waals surface area contributed by atoms with E-state index < -0.39 is 5.97 Å². The van der Waals surface area contributed by atoms with E-state index in [4.69, 9.17) is 9.84 Å². The Balaban J connectivity index is 2.07. The number of thiophene rings is 1. The summed E-state index contributed by atoms with van der Waals surface area (Å²) in [6.45, 7) is 2.86. The molecule has 0 saturated carbocycles. The molecule has 2 aromatic rings. The number of hydrogen-bond donors (Lipinski definition) is 1. The molecule has 1 aliphatic rings. The number of fused-ring (bicyclic) bond motifs is 1. The van der Waals surface area contributed by atoms with Gasteiger partial charge in [0.1, 0.15) is 9.71 Å². The zero-order valence-electron chi connectivity index (χ0n) is 11.0. The zero-order valence-corrected chi connectivity index (χ0v) is 11.8. The van der Waals surface area contributed by atoms with Crippen LogP contribution in [0.3, 0.4) is 0 Å². The van der Waals surface area contributed by atoms with Crippen LogP contribution in [0.25, 0.3) is 10.2 Å². The summed E-state index contributed by atoms with van der Waals surface area (Å²) in [5.41, 5.74) is 0.309. The maximum absolute atomic E-state index is 12.5. The van der Waals surface area contributed by atoms with E-state index in [0.29, 0.717) is 22.3 Å². The second-order valence-corrected chi connectivity index (χ2v) is 5.88. The predicted octanol–water partition coefficient (Wildman–Crippen LogP) is 1.64. The van der Waals surface area contributed by atoms with Gasteiger partial charge in [-0.3, -0.25) is 9.36 Å². The molecule has 0 spiro atoms. The molecule has 1 aliphatic heterocycles. The van der Waals surface area contributed by atoms with Crippen molar-refractivity contribution in [3.05, 3.63) is 27.1 Å². The first-order valence-corrected chi connectivity index (χ1v) is 7.23. The first-order valence-electron chi connectivity index (χ1n) is 6.41. The molecule has 1 N–H and O–H groups in total. The number of aromatic nitrogens is 2. The third kappa shape index (κ3) is 2.12. The molecule has 20 heavy (non-hydrogen) atoms. The number of aryl methyl sites for hydroxylation is 1. The van der Waals surface area contributed by atoms with Crippen molar-refractivity contribution in [2.75, 3.05) is 6.61 Å². The number of carboxylic acids is 1. The van der Waals surface area contributed by atoms with Crippen molar-refractivity contribution in [1.29, 1.82) is 0 Å². The van der Waals surface area contributed by atoms with E-state index in [1.807, 2.05) is 0 Å². The van der Waals surface area contributed by atoms with Crippen LogP contribution < -0.4 is 5.56 Å². The molecule has 3 heterocycles. The van der Waals surface area contributed by atoms with Crippen LogP contribution in [0.4, 0.5) is 0 Å². The standard InChI is InChI=1S/C13H14N2O4S/c1-7-9-11(20-10(7)13(17)18)14-6-15(12(9)16)5-8-3-2-4-19-8/h6,8H,2-5H2,1H3,(H,17,18)/t8-/m0/s1. The van der Waals surface area contributed by atoms with Crippen LogP contribution in [-0.4, -0.2) is 33.3 Å². The number of rotatable bonds is 3. The van der Waals surface area contributed by atoms with Crippen LogP contribution in [0.5, 0.6) is 0 Å². The van der Waals surface area contributed by atoms with Crippen LogP contribution in [-0.2, 0) is 11.3 Å². The molecular formula is C13H14N2O4S. The molecule has 0 unspecified atom stereocenters. The summed E-state index contributed by atoms with van der Waals surface area (Å²) in [6, 6.07) is 0. The second-order valence-electron chi connectivity index (χ2n) is 4.88. The lowest BCUT2D eigenvalue weighted by atomic mass is 10.2. The summed E-state index contributed by atoms with van der Waals surface area (Å²) in [4.78, 5) is 28.4. The fraction of sp³-hybridized carbons (Fsp3) is 0.462. The van der Waals surface area contributed by atoms with E-state index >= 15 is 0 Å². The Morgan fingerprint density at radius 1 is 1.65 bits per heavy atom. The van der Waals surface area contributed by atoms with Crippen LogP contribution in [0.2, 0.25) is 0 Å². The highest BCUT2D eigenvalue weighted by Crippen LogP contribution is 2.26. The number of carbonyl (C=O) groups is 1.